The topological polar surface area (TPSA) is 57.7 Å². The van der Waals surface area contributed by atoms with Gasteiger partial charge in [0, 0.05) is 57.9 Å². The van der Waals surface area contributed by atoms with Crippen LogP contribution in [0.2, 0.25) is 0 Å². The number of rotatable bonds is 5. The smallest absolute Gasteiger partial charge is 0.317 e. The van der Waals surface area contributed by atoms with Crippen molar-refractivity contribution in [2.24, 2.45) is 0 Å². The van der Waals surface area contributed by atoms with Crippen LogP contribution in [-0.4, -0.2) is 61.9 Å². The number of nitrogens with one attached hydrogen (secondary N) is 1. The normalized spacial score (nSPS) is 16.5. The van der Waals surface area contributed by atoms with Crippen molar-refractivity contribution in [3.63, 3.8) is 0 Å². The van der Waals surface area contributed by atoms with Gasteiger partial charge < -0.3 is 19.9 Å². The first-order valence-electron chi connectivity index (χ1n) is 7.86. The minimum atomic E-state index is 0.00148. The first kappa shape index (κ1) is 16.5. The van der Waals surface area contributed by atoms with Gasteiger partial charge in [0.05, 0.1) is 6.10 Å². The van der Waals surface area contributed by atoms with Gasteiger partial charge in [-0.1, -0.05) is 6.92 Å². The molecule has 0 aliphatic carbocycles. The van der Waals surface area contributed by atoms with E-state index in [2.05, 4.69) is 29.0 Å². The van der Waals surface area contributed by atoms with E-state index in [9.17, 15) is 4.79 Å². The standard InChI is InChI=1S/C16H26N4O2/c1-4-14(22-3)12-18-16(21)20-9-7-19(8-10-20)15-5-6-17-11-13(15)2/h5-6,11,14H,4,7-10,12H2,1-3H3,(H,18,21)/t14-/m1/s1. The molecule has 2 rings (SSSR count). The van der Waals surface area contributed by atoms with E-state index in [4.69, 9.17) is 4.74 Å². The highest BCUT2D eigenvalue weighted by molar-refractivity contribution is 5.74. The molecule has 0 aromatic carbocycles. The fourth-order valence-corrected chi connectivity index (χ4v) is 2.68. The highest BCUT2D eigenvalue weighted by Gasteiger charge is 2.22. The van der Waals surface area contributed by atoms with Gasteiger partial charge in [-0.25, -0.2) is 4.79 Å². The Morgan fingerprint density at radius 3 is 2.73 bits per heavy atom. The molecule has 6 heteroatoms. The Hall–Kier alpha value is -1.82. The lowest BCUT2D eigenvalue weighted by Crippen LogP contribution is -2.52. The second-order valence-electron chi connectivity index (χ2n) is 5.59. The lowest BCUT2D eigenvalue weighted by molar-refractivity contribution is 0.0977. The number of hydrogen-bond donors (Lipinski definition) is 1. The quantitative estimate of drug-likeness (QED) is 0.898. The molecule has 22 heavy (non-hydrogen) atoms. The number of carbonyl (C=O) groups excluding carboxylic acids is 1. The van der Waals surface area contributed by atoms with Gasteiger partial charge in [0.15, 0.2) is 0 Å². The van der Waals surface area contributed by atoms with Crippen molar-refractivity contribution in [3.8, 4) is 0 Å². The molecule has 1 fully saturated rings. The van der Waals surface area contributed by atoms with Gasteiger partial charge in [-0.15, -0.1) is 0 Å². The van der Waals surface area contributed by atoms with E-state index in [1.165, 1.54) is 11.3 Å². The van der Waals surface area contributed by atoms with Crippen LogP contribution < -0.4 is 10.2 Å². The number of hydrogen-bond acceptors (Lipinski definition) is 4. The molecule has 1 atom stereocenters. The Labute approximate surface area is 132 Å². The number of amides is 2. The monoisotopic (exact) mass is 306 g/mol. The van der Waals surface area contributed by atoms with Gasteiger partial charge in [-0.2, -0.15) is 0 Å². The Morgan fingerprint density at radius 2 is 2.14 bits per heavy atom. The summed E-state index contributed by atoms with van der Waals surface area (Å²) >= 11 is 0. The number of ether oxygens (including phenoxy) is 1. The van der Waals surface area contributed by atoms with Crippen molar-refractivity contribution in [1.82, 2.24) is 15.2 Å². The van der Waals surface area contributed by atoms with Crippen LogP contribution in [0.25, 0.3) is 0 Å². The zero-order chi connectivity index (χ0) is 15.9. The summed E-state index contributed by atoms with van der Waals surface area (Å²) in [5.41, 5.74) is 2.38. The number of piperazine rings is 1. The maximum Gasteiger partial charge on any atom is 0.317 e. The lowest BCUT2D eigenvalue weighted by Gasteiger charge is -2.36. The molecule has 0 radical (unpaired) electrons. The van der Waals surface area contributed by atoms with Crippen molar-refractivity contribution in [2.45, 2.75) is 26.4 Å². The van der Waals surface area contributed by atoms with Crippen LogP contribution in [0.5, 0.6) is 0 Å². The van der Waals surface area contributed by atoms with Crippen LogP contribution in [0.15, 0.2) is 18.5 Å². The third-order valence-corrected chi connectivity index (χ3v) is 4.17. The molecule has 0 bridgehead atoms. The number of aryl methyl sites for hydroxylation is 1. The fourth-order valence-electron chi connectivity index (χ4n) is 2.68. The zero-order valence-electron chi connectivity index (χ0n) is 13.7. The second kappa shape index (κ2) is 7.98. The molecule has 2 amide bonds. The Balaban J connectivity index is 1.82. The molecule has 1 aliphatic rings. The molecule has 0 spiro atoms. The van der Waals surface area contributed by atoms with Crippen LogP contribution in [0.4, 0.5) is 10.5 Å². The van der Waals surface area contributed by atoms with Gasteiger partial charge in [-0.05, 0) is 25.0 Å². The summed E-state index contributed by atoms with van der Waals surface area (Å²) in [7, 11) is 1.68. The molecule has 122 valence electrons. The lowest BCUT2D eigenvalue weighted by atomic mass is 10.2. The van der Waals surface area contributed by atoms with Gasteiger partial charge >= 0.3 is 6.03 Å². The first-order chi connectivity index (χ1) is 10.7. The molecular weight excluding hydrogens is 280 g/mol. The van der Waals surface area contributed by atoms with E-state index in [1.54, 1.807) is 7.11 Å². The van der Waals surface area contributed by atoms with Crippen LogP contribution >= 0.6 is 0 Å². The molecule has 1 N–H and O–H groups in total. The second-order valence-corrected chi connectivity index (χ2v) is 5.59. The third-order valence-electron chi connectivity index (χ3n) is 4.17. The van der Waals surface area contributed by atoms with Crippen molar-refractivity contribution >= 4 is 11.7 Å². The molecule has 6 nitrogen and oxygen atoms in total. The number of pyridine rings is 1. The molecule has 1 saturated heterocycles. The number of nitrogens with zero attached hydrogens (tertiary/aromatic N) is 3. The predicted molar refractivity (Wildman–Crippen MR) is 87.2 cm³/mol. The van der Waals surface area contributed by atoms with Crippen LogP contribution in [-0.2, 0) is 4.74 Å². The molecule has 0 saturated carbocycles. The van der Waals surface area contributed by atoms with Crippen molar-refractivity contribution in [2.75, 3.05) is 44.7 Å². The number of anilines is 1. The van der Waals surface area contributed by atoms with E-state index in [-0.39, 0.29) is 12.1 Å². The molecular formula is C16H26N4O2. The Morgan fingerprint density at radius 1 is 1.41 bits per heavy atom. The zero-order valence-corrected chi connectivity index (χ0v) is 13.7. The molecule has 1 aliphatic heterocycles. The summed E-state index contributed by atoms with van der Waals surface area (Å²) in [6.07, 6.45) is 4.68. The van der Waals surface area contributed by atoms with Crippen molar-refractivity contribution in [1.29, 1.82) is 0 Å². The summed E-state index contributed by atoms with van der Waals surface area (Å²) in [6, 6.07) is 2.04. The van der Waals surface area contributed by atoms with Crippen molar-refractivity contribution < 1.29 is 9.53 Å². The highest BCUT2D eigenvalue weighted by Crippen LogP contribution is 2.19. The number of urea groups is 1. The average molecular weight is 306 g/mol. The number of methoxy groups -OCH3 is 1. The minimum Gasteiger partial charge on any atom is -0.380 e. The van der Waals surface area contributed by atoms with Crippen LogP contribution in [0.1, 0.15) is 18.9 Å². The fraction of sp³-hybridized carbons (Fsp3) is 0.625. The predicted octanol–water partition coefficient (Wildman–Crippen LogP) is 1.65. The summed E-state index contributed by atoms with van der Waals surface area (Å²) in [6.45, 7) is 7.84. The average Bonchev–Trinajstić information content (AvgIpc) is 2.56. The molecule has 0 unspecified atom stereocenters. The van der Waals surface area contributed by atoms with Crippen molar-refractivity contribution in [3.05, 3.63) is 24.0 Å². The summed E-state index contributed by atoms with van der Waals surface area (Å²) < 4.78 is 5.28. The Kier molecular flexibility index (Phi) is 6.00. The number of carbonyl (C=O) groups is 1. The highest BCUT2D eigenvalue weighted by atomic mass is 16.5. The largest absolute Gasteiger partial charge is 0.380 e. The molecule has 1 aromatic rings. The summed E-state index contributed by atoms with van der Waals surface area (Å²) in [4.78, 5) is 20.5. The van der Waals surface area contributed by atoms with E-state index in [0.717, 1.165) is 32.6 Å². The third kappa shape index (κ3) is 4.10. The summed E-state index contributed by atoms with van der Waals surface area (Å²) in [5, 5.41) is 2.95. The van der Waals surface area contributed by atoms with Crippen LogP contribution in [0.3, 0.4) is 0 Å². The van der Waals surface area contributed by atoms with E-state index in [1.807, 2.05) is 23.4 Å². The van der Waals surface area contributed by atoms with E-state index < -0.39 is 0 Å². The Bertz CT molecular complexity index is 483. The molecule has 2 heterocycles. The molecule has 1 aromatic heterocycles. The van der Waals surface area contributed by atoms with Gasteiger partial charge in [0.1, 0.15) is 0 Å². The van der Waals surface area contributed by atoms with E-state index >= 15 is 0 Å². The van der Waals surface area contributed by atoms with Crippen LogP contribution in [0, 0.1) is 6.92 Å². The van der Waals surface area contributed by atoms with Gasteiger partial charge in [0.2, 0.25) is 0 Å². The van der Waals surface area contributed by atoms with Gasteiger partial charge in [0.25, 0.3) is 0 Å². The maximum absolute atomic E-state index is 12.2. The maximum atomic E-state index is 12.2. The number of aromatic nitrogens is 1. The van der Waals surface area contributed by atoms with E-state index in [0.29, 0.717) is 6.54 Å². The van der Waals surface area contributed by atoms with Gasteiger partial charge in [-0.3, -0.25) is 4.98 Å². The minimum absolute atomic E-state index is 0.00148. The SMILES string of the molecule is CC[C@H](CNC(=O)N1CCN(c2ccncc2C)CC1)OC. The first-order valence-corrected chi connectivity index (χ1v) is 7.86. The summed E-state index contributed by atoms with van der Waals surface area (Å²) in [5.74, 6) is 0.